The Morgan fingerprint density at radius 1 is 1.10 bits per heavy atom. The van der Waals surface area contributed by atoms with Crippen molar-refractivity contribution in [2.75, 3.05) is 5.73 Å². The van der Waals surface area contributed by atoms with Crippen LogP contribution in [0.4, 0.5) is 5.82 Å². The predicted octanol–water partition coefficient (Wildman–Crippen LogP) is 2.19. The minimum absolute atomic E-state index is 0.130. The van der Waals surface area contributed by atoms with E-state index in [1.54, 1.807) is 0 Å². The molecular formula is C16H17N3O2. The number of pyridine rings is 1. The van der Waals surface area contributed by atoms with Gasteiger partial charge in [-0.05, 0) is 25.0 Å². The maximum Gasteiger partial charge on any atom is 0.164 e. The Labute approximate surface area is 123 Å². The molecular weight excluding hydrogens is 266 g/mol. The topological polar surface area (TPSA) is 99.1 Å². The number of rotatable bonds is 4. The fourth-order valence-corrected chi connectivity index (χ4v) is 2.26. The first-order valence-corrected chi connectivity index (χ1v) is 6.55. The molecule has 0 radical (unpaired) electrons. The molecule has 0 spiro atoms. The fourth-order valence-electron chi connectivity index (χ4n) is 2.26. The van der Waals surface area contributed by atoms with E-state index in [9.17, 15) is 9.59 Å². The smallest absolute Gasteiger partial charge is 0.164 e. The van der Waals surface area contributed by atoms with E-state index >= 15 is 0 Å². The first kappa shape index (κ1) is 14.9. The van der Waals surface area contributed by atoms with Crippen LogP contribution in [0, 0.1) is 0 Å². The number of anilines is 1. The summed E-state index contributed by atoms with van der Waals surface area (Å²) in [7, 11) is 0. The highest BCUT2D eigenvalue weighted by molar-refractivity contribution is 6.11. The summed E-state index contributed by atoms with van der Waals surface area (Å²) in [6.07, 6.45) is 1.41. The third-order valence-corrected chi connectivity index (χ3v) is 3.32. The first-order valence-electron chi connectivity index (χ1n) is 6.55. The molecule has 1 aromatic carbocycles. The van der Waals surface area contributed by atoms with Crippen molar-refractivity contribution in [3.8, 4) is 11.1 Å². The third-order valence-electron chi connectivity index (χ3n) is 3.32. The number of hydrogen-bond donors (Lipinski definition) is 2. The van der Waals surface area contributed by atoms with Crippen molar-refractivity contribution in [3.63, 3.8) is 0 Å². The molecule has 0 atom stereocenters. The van der Waals surface area contributed by atoms with E-state index in [4.69, 9.17) is 11.5 Å². The lowest BCUT2D eigenvalue weighted by Crippen LogP contribution is -2.10. The Bertz CT molecular complexity index is 706. The van der Waals surface area contributed by atoms with Crippen LogP contribution in [-0.4, -0.2) is 16.6 Å². The number of nitrogen functional groups attached to an aromatic ring is 1. The Morgan fingerprint density at radius 2 is 1.71 bits per heavy atom. The van der Waals surface area contributed by atoms with Gasteiger partial charge in [-0.1, -0.05) is 24.3 Å². The van der Waals surface area contributed by atoms with Crippen molar-refractivity contribution >= 4 is 17.4 Å². The molecule has 21 heavy (non-hydrogen) atoms. The molecule has 5 heteroatoms. The number of benzene rings is 1. The molecule has 0 aliphatic heterocycles. The number of ketones is 2. The molecule has 0 unspecified atom stereocenters. The minimum Gasteiger partial charge on any atom is -0.383 e. The lowest BCUT2D eigenvalue weighted by molar-refractivity contribution is 0.101. The molecule has 0 saturated heterocycles. The maximum absolute atomic E-state index is 11.9. The summed E-state index contributed by atoms with van der Waals surface area (Å²) in [5.74, 6) is -0.255. The molecule has 0 fully saturated rings. The van der Waals surface area contributed by atoms with Gasteiger partial charge in [0.25, 0.3) is 0 Å². The van der Waals surface area contributed by atoms with E-state index in [1.165, 1.54) is 20.0 Å². The molecule has 1 heterocycles. The number of hydrogen-bond acceptors (Lipinski definition) is 5. The third kappa shape index (κ3) is 2.83. The first-order chi connectivity index (χ1) is 9.95. The summed E-state index contributed by atoms with van der Waals surface area (Å²) >= 11 is 0. The lowest BCUT2D eigenvalue weighted by Gasteiger charge is -2.13. The molecule has 0 saturated carbocycles. The monoisotopic (exact) mass is 283 g/mol. The van der Waals surface area contributed by atoms with Gasteiger partial charge in [0.15, 0.2) is 11.6 Å². The number of nitrogens with two attached hydrogens (primary N) is 2. The molecule has 108 valence electrons. The van der Waals surface area contributed by atoms with E-state index in [0.717, 1.165) is 11.1 Å². The van der Waals surface area contributed by atoms with E-state index in [1.807, 2.05) is 24.3 Å². The van der Waals surface area contributed by atoms with Gasteiger partial charge in [0.05, 0.1) is 5.56 Å². The van der Waals surface area contributed by atoms with Gasteiger partial charge in [0.2, 0.25) is 0 Å². The summed E-state index contributed by atoms with van der Waals surface area (Å²) in [6.45, 7) is 3.28. The Hall–Kier alpha value is -2.53. The van der Waals surface area contributed by atoms with Crippen molar-refractivity contribution in [2.45, 2.75) is 20.4 Å². The van der Waals surface area contributed by atoms with Crippen molar-refractivity contribution in [2.24, 2.45) is 5.73 Å². The molecule has 0 bridgehead atoms. The van der Waals surface area contributed by atoms with Crippen molar-refractivity contribution in [1.29, 1.82) is 0 Å². The van der Waals surface area contributed by atoms with Crippen LogP contribution in [0.2, 0.25) is 0 Å². The number of Topliss-reactive ketones (excluding diaryl/α,β-unsaturated/α-hetero) is 2. The molecule has 0 aliphatic rings. The Kier molecular flexibility index (Phi) is 4.14. The highest BCUT2D eigenvalue weighted by Gasteiger charge is 2.20. The molecule has 5 nitrogen and oxygen atoms in total. The average molecular weight is 283 g/mol. The minimum atomic E-state index is -0.221. The highest BCUT2D eigenvalue weighted by Crippen LogP contribution is 2.31. The quantitative estimate of drug-likeness (QED) is 0.838. The van der Waals surface area contributed by atoms with Crippen LogP contribution < -0.4 is 11.5 Å². The van der Waals surface area contributed by atoms with E-state index < -0.39 is 0 Å². The summed E-state index contributed by atoms with van der Waals surface area (Å²) in [6, 6.07) is 7.38. The van der Waals surface area contributed by atoms with Crippen LogP contribution in [0.1, 0.15) is 40.1 Å². The van der Waals surface area contributed by atoms with Crippen molar-refractivity contribution in [3.05, 3.63) is 47.2 Å². The standard InChI is InChI=1S/C16H17N3O2/c1-9(20)13-8-19-16(18)14(10(2)21)15(13)12-5-3-11(7-17)4-6-12/h3-6,8H,7,17H2,1-2H3,(H2,18,19). The number of nitrogens with zero attached hydrogens (tertiary/aromatic N) is 1. The van der Waals surface area contributed by atoms with E-state index in [-0.39, 0.29) is 22.9 Å². The number of carbonyl (C=O) groups is 2. The second-order valence-corrected chi connectivity index (χ2v) is 4.82. The zero-order valence-corrected chi connectivity index (χ0v) is 12.0. The molecule has 4 N–H and O–H groups in total. The van der Waals surface area contributed by atoms with Crippen LogP contribution in [-0.2, 0) is 6.54 Å². The molecule has 2 aromatic rings. The summed E-state index contributed by atoms with van der Waals surface area (Å²) < 4.78 is 0. The predicted molar refractivity (Wildman–Crippen MR) is 82.0 cm³/mol. The second kappa shape index (κ2) is 5.85. The van der Waals surface area contributed by atoms with Gasteiger partial charge in [0, 0.05) is 23.9 Å². The highest BCUT2D eigenvalue weighted by atomic mass is 16.1. The zero-order chi connectivity index (χ0) is 15.6. The summed E-state index contributed by atoms with van der Waals surface area (Å²) in [5, 5.41) is 0. The van der Waals surface area contributed by atoms with Gasteiger partial charge >= 0.3 is 0 Å². The van der Waals surface area contributed by atoms with Crippen LogP contribution in [0.5, 0.6) is 0 Å². The lowest BCUT2D eigenvalue weighted by atomic mass is 9.92. The summed E-state index contributed by atoms with van der Waals surface area (Å²) in [5.41, 5.74) is 14.3. The van der Waals surface area contributed by atoms with Crippen LogP contribution in [0.15, 0.2) is 30.5 Å². The van der Waals surface area contributed by atoms with Crippen LogP contribution >= 0.6 is 0 Å². The van der Waals surface area contributed by atoms with Crippen molar-refractivity contribution in [1.82, 2.24) is 4.98 Å². The molecule has 0 aliphatic carbocycles. The van der Waals surface area contributed by atoms with E-state index in [0.29, 0.717) is 17.7 Å². The molecule has 0 amide bonds. The van der Waals surface area contributed by atoms with Crippen molar-refractivity contribution < 1.29 is 9.59 Å². The second-order valence-electron chi connectivity index (χ2n) is 4.82. The number of carbonyl (C=O) groups excluding carboxylic acids is 2. The normalized spacial score (nSPS) is 10.4. The number of aromatic nitrogens is 1. The van der Waals surface area contributed by atoms with Crippen LogP contribution in [0.25, 0.3) is 11.1 Å². The Balaban J connectivity index is 2.76. The van der Waals surface area contributed by atoms with Gasteiger partial charge < -0.3 is 11.5 Å². The maximum atomic E-state index is 11.9. The zero-order valence-electron chi connectivity index (χ0n) is 12.0. The van der Waals surface area contributed by atoms with Gasteiger partial charge in [-0.2, -0.15) is 0 Å². The SMILES string of the molecule is CC(=O)c1cnc(N)c(C(C)=O)c1-c1ccc(CN)cc1. The largest absolute Gasteiger partial charge is 0.383 e. The van der Waals surface area contributed by atoms with Gasteiger partial charge in [-0.15, -0.1) is 0 Å². The molecule has 1 aromatic heterocycles. The summed E-state index contributed by atoms with van der Waals surface area (Å²) in [4.78, 5) is 27.7. The van der Waals surface area contributed by atoms with E-state index in [2.05, 4.69) is 4.98 Å². The Morgan fingerprint density at radius 3 is 2.19 bits per heavy atom. The fraction of sp³-hybridized carbons (Fsp3) is 0.188. The van der Waals surface area contributed by atoms with Crippen LogP contribution in [0.3, 0.4) is 0 Å². The van der Waals surface area contributed by atoms with Gasteiger partial charge in [-0.25, -0.2) is 4.98 Å². The van der Waals surface area contributed by atoms with Gasteiger partial charge in [0.1, 0.15) is 5.82 Å². The van der Waals surface area contributed by atoms with Gasteiger partial charge in [-0.3, -0.25) is 9.59 Å². The molecule has 2 rings (SSSR count). The average Bonchev–Trinajstić information content (AvgIpc) is 2.46.